The van der Waals surface area contributed by atoms with Crippen molar-refractivity contribution in [2.24, 2.45) is 10.2 Å². The fourth-order valence-electron chi connectivity index (χ4n) is 3.22. The van der Waals surface area contributed by atoms with Gasteiger partial charge >= 0.3 is 0 Å². The van der Waals surface area contributed by atoms with Crippen molar-refractivity contribution >= 4 is 53.2 Å². The number of phenolic OH excluding ortho intramolecular Hbond substituents is 1. The fourth-order valence-corrected chi connectivity index (χ4v) is 4.54. The Hall–Kier alpha value is -3.38. The maximum atomic E-state index is 11.9. The van der Waals surface area contributed by atoms with Gasteiger partial charge in [0.1, 0.15) is 37.4 Å². The van der Waals surface area contributed by atoms with Crippen LogP contribution in [0.5, 0.6) is 5.75 Å². The van der Waals surface area contributed by atoms with E-state index in [4.69, 9.17) is 0 Å². The molecule has 0 saturated carbocycles. The quantitative estimate of drug-likeness (QED) is 0.360. The number of phenols is 1. The average Bonchev–Trinajstić information content (AvgIpc) is 2.70. The van der Waals surface area contributed by atoms with Crippen LogP contribution in [-0.2, 0) is 20.2 Å². The van der Waals surface area contributed by atoms with Gasteiger partial charge in [0.25, 0.3) is 0 Å². The second kappa shape index (κ2) is 7.39. The molecule has 0 bridgehead atoms. The molecule has 0 amide bonds. The van der Waals surface area contributed by atoms with E-state index in [0.717, 1.165) is 12.1 Å². The lowest BCUT2D eigenvalue weighted by Gasteiger charge is -2.13. The van der Waals surface area contributed by atoms with E-state index in [1.54, 1.807) is 24.3 Å². The predicted octanol–water partition coefficient (Wildman–Crippen LogP) is 3.92. The molecule has 9 nitrogen and oxygen atoms in total. The van der Waals surface area contributed by atoms with E-state index in [0.29, 0.717) is 10.8 Å². The summed E-state index contributed by atoms with van der Waals surface area (Å²) in [5.74, 6) is -0.318. The van der Waals surface area contributed by atoms with Gasteiger partial charge < -0.3 is 14.2 Å². The molecule has 4 aromatic rings. The summed E-state index contributed by atoms with van der Waals surface area (Å²) in [6, 6.07) is 15.4. The Morgan fingerprint density at radius 3 is 2.13 bits per heavy atom. The molecule has 11 heteroatoms. The Morgan fingerprint density at radius 1 is 0.710 bits per heavy atom. The molecule has 158 valence electrons. The number of azo groups is 1. The molecule has 0 aliphatic heterocycles. The van der Waals surface area contributed by atoms with Crippen molar-refractivity contribution in [1.29, 1.82) is 0 Å². The van der Waals surface area contributed by atoms with E-state index in [-0.39, 0.29) is 27.9 Å². The molecule has 0 aromatic heterocycles. The van der Waals surface area contributed by atoms with Crippen LogP contribution in [0.25, 0.3) is 21.5 Å². The Morgan fingerprint density at radius 2 is 1.42 bits per heavy atom. The summed E-state index contributed by atoms with van der Waals surface area (Å²) in [5.41, 5.74) is -0.307. The normalized spacial score (nSPS) is 12.7. The van der Waals surface area contributed by atoms with Crippen molar-refractivity contribution in [1.82, 2.24) is 0 Å². The number of aromatic hydroxyl groups is 1. The average molecular weight is 456 g/mol. The molecule has 0 aliphatic carbocycles. The molecule has 31 heavy (non-hydrogen) atoms. The molecule has 0 unspecified atom stereocenters. The number of rotatable bonds is 4. The largest absolute Gasteiger partial charge is 0.744 e. The Kier molecular flexibility index (Phi) is 4.98. The minimum absolute atomic E-state index is 0.0882. The molecular weight excluding hydrogens is 444 g/mol. The highest BCUT2D eigenvalue weighted by molar-refractivity contribution is 7.86. The summed E-state index contributed by atoms with van der Waals surface area (Å²) >= 11 is 0. The predicted molar refractivity (Wildman–Crippen MR) is 110 cm³/mol. The van der Waals surface area contributed by atoms with Crippen LogP contribution in [0.2, 0.25) is 0 Å². The van der Waals surface area contributed by atoms with Gasteiger partial charge in [-0.1, -0.05) is 42.5 Å². The highest BCUT2D eigenvalue weighted by atomic mass is 32.2. The van der Waals surface area contributed by atoms with Gasteiger partial charge in [0, 0.05) is 10.8 Å². The standard InChI is InChI=1S/C20H14N2O7S2/c23-18-10-6-13-11-14(30(24,25)26)7-8-15(13)19(18)22-21-17-9-5-12-3-1-2-4-16(12)20(17)31(27,28)29/h1-11,23H,(H,24,25,26)(H,27,28,29)/p-2. The monoisotopic (exact) mass is 456 g/mol. The van der Waals surface area contributed by atoms with Crippen LogP contribution in [0.4, 0.5) is 11.4 Å². The van der Waals surface area contributed by atoms with Gasteiger partial charge in [-0.15, -0.1) is 10.2 Å². The third-order valence-corrected chi connectivity index (χ3v) is 6.36. The van der Waals surface area contributed by atoms with E-state index in [9.17, 15) is 31.0 Å². The third-order valence-electron chi connectivity index (χ3n) is 4.60. The highest BCUT2D eigenvalue weighted by Gasteiger charge is 2.15. The summed E-state index contributed by atoms with van der Waals surface area (Å²) in [6.45, 7) is 0. The van der Waals surface area contributed by atoms with Crippen molar-refractivity contribution in [2.75, 3.05) is 0 Å². The SMILES string of the molecule is O=S(=O)([O-])c1ccc2c(N=Nc3ccc4ccccc4c3S(=O)(=O)[O-])c(O)ccc2c1. The topological polar surface area (TPSA) is 159 Å². The first-order chi connectivity index (χ1) is 14.6. The van der Waals surface area contributed by atoms with E-state index in [2.05, 4.69) is 10.2 Å². The Labute approximate surface area is 176 Å². The van der Waals surface area contributed by atoms with Gasteiger partial charge in [0.05, 0.1) is 9.79 Å². The van der Waals surface area contributed by atoms with Gasteiger partial charge in [-0.25, -0.2) is 16.8 Å². The van der Waals surface area contributed by atoms with Gasteiger partial charge in [-0.05, 0) is 35.0 Å². The van der Waals surface area contributed by atoms with Crippen LogP contribution < -0.4 is 0 Å². The molecule has 4 aromatic carbocycles. The first-order valence-corrected chi connectivity index (χ1v) is 11.5. The molecule has 0 aliphatic rings. The summed E-state index contributed by atoms with van der Waals surface area (Å²) in [5, 5.41) is 19.3. The van der Waals surface area contributed by atoms with Crippen molar-refractivity contribution in [3.05, 3.63) is 66.7 Å². The number of hydrogen-bond donors (Lipinski definition) is 1. The highest BCUT2D eigenvalue weighted by Crippen LogP contribution is 2.39. The Balaban J connectivity index is 1.91. The lowest BCUT2D eigenvalue weighted by molar-refractivity contribution is 0.461. The minimum Gasteiger partial charge on any atom is -0.744 e. The van der Waals surface area contributed by atoms with Crippen molar-refractivity contribution < 1.29 is 31.0 Å². The minimum atomic E-state index is -4.91. The van der Waals surface area contributed by atoms with E-state index < -0.39 is 30.0 Å². The van der Waals surface area contributed by atoms with E-state index in [1.807, 2.05) is 0 Å². The van der Waals surface area contributed by atoms with E-state index in [1.165, 1.54) is 30.3 Å². The van der Waals surface area contributed by atoms with Crippen LogP contribution in [0, 0.1) is 0 Å². The zero-order chi connectivity index (χ0) is 22.4. The smallest absolute Gasteiger partial charge is 0.143 e. The zero-order valence-electron chi connectivity index (χ0n) is 15.5. The zero-order valence-corrected chi connectivity index (χ0v) is 17.1. The summed E-state index contributed by atoms with van der Waals surface area (Å²) in [6.07, 6.45) is 0. The number of nitrogens with zero attached hydrogens (tertiary/aromatic N) is 2. The molecule has 0 saturated heterocycles. The van der Waals surface area contributed by atoms with Crippen LogP contribution in [0.1, 0.15) is 0 Å². The fraction of sp³-hybridized carbons (Fsp3) is 0. The molecule has 4 rings (SSSR count). The molecule has 0 atom stereocenters. The van der Waals surface area contributed by atoms with Crippen LogP contribution in [0.15, 0.2) is 86.7 Å². The van der Waals surface area contributed by atoms with E-state index >= 15 is 0 Å². The van der Waals surface area contributed by atoms with Crippen LogP contribution in [0.3, 0.4) is 0 Å². The molecular formula is C20H12N2O7S2-2. The van der Waals surface area contributed by atoms with Gasteiger partial charge in [-0.2, -0.15) is 0 Å². The number of hydrogen-bond acceptors (Lipinski definition) is 9. The molecule has 0 fully saturated rings. The maximum Gasteiger partial charge on any atom is 0.143 e. The van der Waals surface area contributed by atoms with Gasteiger partial charge in [-0.3, -0.25) is 0 Å². The van der Waals surface area contributed by atoms with Crippen LogP contribution in [-0.4, -0.2) is 31.0 Å². The lowest BCUT2D eigenvalue weighted by atomic mass is 10.1. The van der Waals surface area contributed by atoms with Crippen LogP contribution >= 0.6 is 0 Å². The van der Waals surface area contributed by atoms with Crippen molar-refractivity contribution in [3.63, 3.8) is 0 Å². The summed E-state index contributed by atoms with van der Waals surface area (Å²) in [7, 11) is -9.59. The Bertz CT molecular complexity index is 1600. The molecule has 1 N–H and O–H groups in total. The van der Waals surface area contributed by atoms with Crippen molar-refractivity contribution in [3.8, 4) is 5.75 Å². The summed E-state index contributed by atoms with van der Waals surface area (Å²) in [4.78, 5) is -1.00. The molecule has 0 spiro atoms. The number of fused-ring (bicyclic) bond motifs is 2. The maximum absolute atomic E-state index is 11.9. The first kappa shape index (κ1) is 20.9. The molecule has 0 radical (unpaired) electrons. The first-order valence-electron chi connectivity index (χ1n) is 8.67. The second-order valence-corrected chi connectivity index (χ2v) is 9.26. The second-order valence-electron chi connectivity index (χ2n) is 6.56. The van der Waals surface area contributed by atoms with Gasteiger partial charge in [0.15, 0.2) is 0 Å². The third kappa shape index (κ3) is 3.99. The van der Waals surface area contributed by atoms with Crippen molar-refractivity contribution in [2.45, 2.75) is 9.79 Å². The lowest BCUT2D eigenvalue weighted by Crippen LogP contribution is -2.00. The molecule has 0 heterocycles. The number of benzene rings is 4. The van der Waals surface area contributed by atoms with Gasteiger partial charge in [0.2, 0.25) is 0 Å². The summed E-state index contributed by atoms with van der Waals surface area (Å²) < 4.78 is 69.4.